The number of aliphatic imine (C=N–C) groups is 1. The van der Waals surface area contributed by atoms with E-state index in [4.69, 9.17) is 19.5 Å². The van der Waals surface area contributed by atoms with E-state index in [0.29, 0.717) is 5.90 Å². The minimum atomic E-state index is -0.731. The molecule has 0 saturated heterocycles. The van der Waals surface area contributed by atoms with Gasteiger partial charge >= 0.3 is 0 Å². The van der Waals surface area contributed by atoms with Gasteiger partial charge in [-0.1, -0.05) is 81.4 Å². The van der Waals surface area contributed by atoms with Gasteiger partial charge in [-0.3, -0.25) is 0 Å². The second kappa shape index (κ2) is 7.60. The lowest BCUT2D eigenvalue weighted by Crippen LogP contribution is -2.45. The number of methoxy groups -OCH3 is 1. The fourth-order valence-corrected chi connectivity index (χ4v) is 4.22. The summed E-state index contributed by atoms with van der Waals surface area (Å²) in [5.74, 6) is 1.32. The number of aromatic nitrogens is 1. The van der Waals surface area contributed by atoms with Crippen LogP contribution in [-0.2, 0) is 10.3 Å². The first-order valence-electron chi connectivity index (χ1n) is 10.3. The fraction of sp³-hybridized carbons (Fsp3) is 0.308. The van der Waals surface area contributed by atoms with Gasteiger partial charge in [0.15, 0.2) is 5.60 Å². The van der Waals surface area contributed by atoms with Crippen molar-refractivity contribution in [2.75, 3.05) is 7.11 Å². The molecule has 4 nitrogen and oxygen atoms in total. The molecule has 0 unspecified atom stereocenters. The van der Waals surface area contributed by atoms with Crippen molar-refractivity contribution < 1.29 is 9.47 Å². The predicted octanol–water partition coefficient (Wildman–Crippen LogP) is 5.53. The quantitative estimate of drug-likeness (QED) is 0.578. The molecule has 1 aromatic heterocycles. The van der Waals surface area contributed by atoms with Crippen molar-refractivity contribution in [1.29, 1.82) is 0 Å². The van der Waals surface area contributed by atoms with Crippen LogP contribution in [0.4, 0.5) is 0 Å². The number of benzene rings is 2. The van der Waals surface area contributed by atoms with Crippen LogP contribution in [0.3, 0.4) is 0 Å². The van der Waals surface area contributed by atoms with E-state index in [1.54, 1.807) is 7.11 Å². The van der Waals surface area contributed by atoms with Crippen molar-refractivity contribution in [3.63, 3.8) is 0 Å². The Kier molecular flexibility index (Phi) is 5.10. The van der Waals surface area contributed by atoms with Crippen LogP contribution in [-0.4, -0.2) is 24.0 Å². The molecule has 1 aliphatic heterocycles. The van der Waals surface area contributed by atoms with Gasteiger partial charge < -0.3 is 9.47 Å². The molecule has 4 heteroatoms. The van der Waals surface area contributed by atoms with E-state index in [2.05, 4.69) is 69.3 Å². The summed E-state index contributed by atoms with van der Waals surface area (Å²) in [5.41, 5.74) is 2.82. The van der Waals surface area contributed by atoms with Crippen molar-refractivity contribution in [1.82, 2.24) is 4.98 Å². The third-order valence-electron chi connectivity index (χ3n) is 5.59. The summed E-state index contributed by atoms with van der Waals surface area (Å²) in [6, 6.07) is 24.5. The van der Waals surface area contributed by atoms with Gasteiger partial charge in [0.25, 0.3) is 0 Å². The standard InChI is InChI=1S/C26H28N2O2/c1-18-22(29-5)17-16-21(27-18)23-28-24(25(2,3)4)26(30-23,19-12-8-6-9-13-19)20-14-10-7-11-15-20/h6-17,24H,1-5H3/t24-/m0/s1. The van der Waals surface area contributed by atoms with Crippen molar-refractivity contribution in [2.24, 2.45) is 10.4 Å². The average molecular weight is 401 g/mol. The molecular formula is C26H28N2O2. The highest BCUT2D eigenvalue weighted by Crippen LogP contribution is 2.49. The number of hydrogen-bond acceptors (Lipinski definition) is 4. The molecule has 1 aliphatic rings. The van der Waals surface area contributed by atoms with E-state index in [-0.39, 0.29) is 11.5 Å². The van der Waals surface area contributed by atoms with Gasteiger partial charge in [-0.2, -0.15) is 0 Å². The van der Waals surface area contributed by atoms with Crippen molar-refractivity contribution in [3.8, 4) is 5.75 Å². The normalized spacial score (nSPS) is 17.9. The molecule has 0 bridgehead atoms. The summed E-state index contributed by atoms with van der Waals surface area (Å²) in [6.07, 6.45) is 0. The molecule has 2 heterocycles. The van der Waals surface area contributed by atoms with Gasteiger partial charge in [0.2, 0.25) is 5.90 Å². The third kappa shape index (κ3) is 3.36. The summed E-state index contributed by atoms with van der Waals surface area (Å²) in [4.78, 5) is 9.84. The first-order valence-corrected chi connectivity index (χ1v) is 10.3. The Morgan fingerprint density at radius 1 is 0.867 bits per heavy atom. The molecule has 2 aromatic carbocycles. The van der Waals surface area contributed by atoms with E-state index in [9.17, 15) is 0 Å². The number of aryl methyl sites for hydroxylation is 1. The second-order valence-electron chi connectivity index (χ2n) is 8.76. The third-order valence-corrected chi connectivity index (χ3v) is 5.59. The lowest BCUT2D eigenvalue weighted by Gasteiger charge is -2.40. The Balaban J connectivity index is 1.91. The summed E-state index contributed by atoms with van der Waals surface area (Å²) < 4.78 is 12.2. The molecule has 0 N–H and O–H groups in total. The lowest BCUT2D eigenvalue weighted by atomic mass is 9.70. The number of pyridine rings is 1. The Morgan fingerprint density at radius 2 is 1.43 bits per heavy atom. The van der Waals surface area contributed by atoms with Crippen molar-refractivity contribution in [3.05, 3.63) is 95.3 Å². The maximum absolute atomic E-state index is 6.82. The number of hydrogen-bond donors (Lipinski definition) is 0. The Bertz CT molecular complexity index is 1010. The molecule has 30 heavy (non-hydrogen) atoms. The maximum Gasteiger partial charge on any atom is 0.237 e. The molecule has 3 aromatic rings. The molecule has 0 aliphatic carbocycles. The monoisotopic (exact) mass is 400 g/mol. The van der Waals surface area contributed by atoms with E-state index < -0.39 is 5.60 Å². The summed E-state index contributed by atoms with van der Waals surface area (Å²) >= 11 is 0. The smallest absolute Gasteiger partial charge is 0.237 e. The van der Waals surface area contributed by atoms with Gasteiger partial charge in [-0.15, -0.1) is 0 Å². The molecule has 0 amide bonds. The minimum Gasteiger partial charge on any atom is -0.495 e. The van der Waals surface area contributed by atoms with E-state index in [1.165, 1.54) is 0 Å². The van der Waals surface area contributed by atoms with Crippen LogP contribution in [0.25, 0.3) is 0 Å². The zero-order valence-electron chi connectivity index (χ0n) is 18.2. The van der Waals surface area contributed by atoms with Gasteiger partial charge in [0.05, 0.1) is 12.8 Å². The van der Waals surface area contributed by atoms with E-state index >= 15 is 0 Å². The highest BCUT2D eigenvalue weighted by atomic mass is 16.5. The van der Waals surface area contributed by atoms with Crippen LogP contribution in [0.5, 0.6) is 5.75 Å². The zero-order chi connectivity index (χ0) is 21.4. The van der Waals surface area contributed by atoms with Gasteiger partial charge in [-0.05, 0) is 24.5 Å². The summed E-state index contributed by atoms with van der Waals surface area (Å²) in [7, 11) is 1.65. The van der Waals surface area contributed by atoms with Crippen LogP contribution >= 0.6 is 0 Å². The molecule has 154 valence electrons. The first kappa shape index (κ1) is 20.1. The van der Waals surface area contributed by atoms with E-state index in [1.807, 2.05) is 31.2 Å². The summed E-state index contributed by atoms with van der Waals surface area (Å²) in [6.45, 7) is 8.56. The van der Waals surface area contributed by atoms with Gasteiger partial charge in [0, 0.05) is 11.1 Å². The average Bonchev–Trinajstić information content (AvgIpc) is 3.17. The summed E-state index contributed by atoms with van der Waals surface area (Å²) in [5, 5.41) is 0. The zero-order valence-corrected chi connectivity index (χ0v) is 18.2. The van der Waals surface area contributed by atoms with E-state index in [0.717, 1.165) is 28.3 Å². The lowest BCUT2D eigenvalue weighted by molar-refractivity contribution is 0.0554. The van der Waals surface area contributed by atoms with Gasteiger partial charge in [-0.25, -0.2) is 9.98 Å². The SMILES string of the molecule is COc1ccc(C2=N[C@@H](C(C)(C)C)C(c3ccccc3)(c3ccccc3)O2)nc1C. The molecule has 1 atom stereocenters. The fourth-order valence-electron chi connectivity index (χ4n) is 4.22. The number of ether oxygens (including phenoxy) is 2. The predicted molar refractivity (Wildman–Crippen MR) is 120 cm³/mol. The Hall–Kier alpha value is -3.14. The molecule has 0 radical (unpaired) electrons. The number of nitrogens with zero attached hydrogens (tertiary/aromatic N) is 2. The van der Waals surface area contributed by atoms with Crippen LogP contribution in [0.1, 0.15) is 43.3 Å². The maximum atomic E-state index is 6.82. The molecule has 4 rings (SSSR count). The molecule has 0 spiro atoms. The van der Waals surface area contributed by atoms with Gasteiger partial charge in [0.1, 0.15) is 17.5 Å². The van der Waals surface area contributed by atoms with Crippen molar-refractivity contribution >= 4 is 5.90 Å². The second-order valence-corrected chi connectivity index (χ2v) is 8.76. The topological polar surface area (TPSA) is 43.7 Å². The first-order chi connectivity index (χ1) is 14.4. The van der Waals surface area contributed by atoms with Crippen LogP contribution in [0, 0.1) is 12.3 Å². The van der Waals surface area contributed by atoms with Crippen LogP contribution < -0.4 is 4.74 Å². The highest BCUT2D eigenvalue weighted by Gasteiger charge is 2.54. The largest absolute Gasteiger partial charge is 0.495 e. The Morgan fingerprint density at radius 3 is 1.90 bits per heavy atom. The minimum absolute atomic E-state index is 0.131. The molecule has 0 saturated carbocycles. The Labute approximate surface area is 178 Å². The molecule has 0 fully saturated rings. The molecular weight excluding hydrogens is 372 g/mol. The van der Waals surface area contributed by atoms with Crippen LogP contribution in [0.2, 0.25) is 0 Å². The highest BCUT2D eigenvalue weighted by molar-refractivity contribution is 5.94. The van der Waals surface area contributed by atoms with Crippen molar-refractivity contribution in [2.45, 2.75) is 39.3 Å². The number of rotatable bonds is 4. The van der Waals surface area contributed by atoms with Crippen LogP contribution in [0.15, 0.2) is 77.8 Å².